The van der Waals surface area contributed by atoms with Crippen LogP contribution in [0.15, 0.2) is 46.7 Å². The minimum absolute atomic E-state index is 0.166. The van der Waals surface area contributed by atoms with Crippen LogP contribution in [0.25, 0.3) is 0 Å². The number of rotatable bonds is 9. The molecular formula is C17H22N2O3S2. The molecule has 1 amide bonds. The molecule has 130 valence electrons. The summed E-state index contributed by atoms with van der Waals surface area (Å²) in [6.07, 6.45) is 2.59. The molecule has 0 aliphatic rings. The second kappa shape index (κ2) is 8.96. The second-order valence-electron chi connectivity index (χ2n) is 5.36. The molecule has 2 rings (SSSR count). The number of unbranched alkanes of at least 4 members (excludes halogenated alkanes) is 1. The van der Waals surface area contributed by atoms with Gasteiger partial charge in [0.15, 0.2) is 0 Å². The Hall–Kier alpha value is -1.70. The highest BCUT2D eigenvalue weighted by Gasteiger charge is 2.14. The predicted molar refractivity (Wildman–Crippen MR) is 96.9 cm³/mol. The molecule has 2 N–H and O–H groups in total. The van der Waals surface area contributed by atoms with Crippen molar-refractivity contribution < 1.29 is 13.2 Å². The van der Waals surface area contributed by atoms with Crippen molar-refractivity contribution in [3.8, 4) is 0 Å². The Labute approximate surface area is 147 Å². The Morgan fingerprint density at radius 3 is 2.50 bits per heavy atom. The molecule has 0 unspecified atom stereocenters. The van der Waals surface area contributed by atoms with Crippen molar-refractivity contribution in [1.29, 1.82) is 0 Å². The molecule has 5 nitrogen and oxygen atoms in total. The van der Waals surface area contributed by atoms with Crippen LogP contribution in [-0.2, 0) is 16.4 Å². The van der Waals surface area contributed by atoms with Gasteiger partial charge in [0.1, 0.15) is 0 Å². The summed E-state index contributed by atoms with van der Waals surface area (Å²) in [7, 11) is -3.55. The lowest BCUT2D eigenvalue weighted by atomic mass is 10.2. The SMILES string of the molecule is CCCCNC(=O)c1ccc(S(=O)(=O)NCCc2cccs2)cc1. The molecule has 1 heterocycles. The molecule has 0 bridgehead atoms. The average molecular weight is 367 g/mol. The van der Waals surface area contributed by atoms with Crippen molar-refractivity contribution in [2.45, 2.75) is 31.1 Å². The van der Waals surface area contributed by atoms with Gasteiger partial charge in [0.25, 0.3) is 5.91 Å². The minimum atomic E-state index is -3.55. The van der Waals surface area contributed by atoms with Gasteiger partial charge < -0.3 is 5.32 Å². The fourth-order valence-corrected chi connectivity index (χ4v) is 3.85. The summed E-state index contributed by atoms with van der Waals surface area (Å²) in [6.45, 7) is 3.03. The van der Waals surface area contributed by atoms with Gasteiger partial charge in [-0.1, -0.05) is 19.4 Å². The number of hydrogen-bond acceptors (Lipinski definition) is 4. The van der Waals surface area contributed by atoms with Gasteiger partial charge in [0.05, 0.1) is 4.90 Å². The summed E-state index contributed by atoms with van der Waals surface area (Å²) in [5.74, 6) is -0.182. The zero-order chi connectivity index (χ0) is 17.4. The third kappa shape index (κ3) is 5.43. The molecule has 0 aliphatic heterocycles. The molecule has 0 aliphatic carbocycles. The fourth-order valence-electron chi connectivity index (χ4n) is 2.11. The van der Waals surface area contributed by atoms with E-state index in [4.69, 9.17) is 0 Å². The number of carbonyl (C=O) groups excluding carboxylic acids is 1. The first kappa shape index (κ1) is 18.6. The molecular weight excluding hydrogens is 344 g/mol. The van der Waals surface area contributed by atoms with Gasteiger partial charge in [0, 0.05) is 23.5 Å². The summed E-state index contributed by atoms with van der Waals surface area (Å²) in [5.41, 5.74) is 0.462. The minimum Gasteiger partial charge on any atom is -0.352 e. The van der Waals surface area contributed by atoms with Crippen LogP contribution in [-0.4, -0.2) is 27.4 Å². The summed E-state index contributed by atoms with van der Waals surface area (Å²) in [4.78, 5) is 13.2. The van der Waals surface area contributed by atoms with Crippen molar-refractivity contribution in [1.82, 2.24) is 10.0 Å². The van der Waals surface area contributed by atoms with E-state index in [0.717, 1.165) is 17.7 Å². The topological polar surface area (TPSA) is 75.3 Å². The van der Waals surface area contributed by atoms with Crippen molar-refractivity contribution >= 4 is 27.3 Å². The lowest BCUT2D eigenvalue weighted by molar-refractivity contribution is 0.0953. The summed E-state index contributed by atoms with van der Waals surface area (Å²) in [6, 6.07) is 9.92. The van der Waals surface area contributed by atoms with E-state index in [9.17, 15) is 13.2 Å². The molecule has 0 radical (unpaired) electrons. The van der Waals surface area contributed by atoms with Crippen molar-refractivity contribution in [2.24, 2.45) is 0 Å². The molecule has 0 atom stereocenters. The van der Waals surface area contributed by atoms with Gasteiger partial charge in [-0.15, -0.1) is 11.3 Å². The summed E-state index contributed by atoms with van der Waals surface area (Å²) in [5, 5.41) is 4.77. The van der Waals surface area contributed by atoms with Gasteiger partial charge in [-0.2, -0.15) is 0 Å². The smallest absolute Gasteiger partial charge is 0.251 e. The van der Waals surface area contributed by atoms with E-state index in [-0.39, 0.29) is 10.8 Å². The number of hydrogen-bond donors (Lipinski definition) is 2. The average Bonchev–Trinajstić information content (AvgIpc) is 3.08. The molecule has 2 aromatic rings. The van der Waals surface area contributed by atoms with Crippen LogP contribution in [0, 0.1) is 0 Å². The van der Waals surface area contributed by atoms with Crippen LogP contribution in [0.4, 0.5) is 0 Å². The number of nitrogens with one attached hydrogen (secondary N) is 2. The van der Waals surface area contributed by atoms with Crippen LogP contribution in [0.1, 0.15) is 35.0 Å². The maximum absolute atomic E-state index is 12.2. The molecule has 0 fully saturated rings. The molecule has 0 spiro atoms. The Morgan fingerprint density at radius 1 is 1.12 bits per heavy atom. The fraction of sp³-hybridized carbons (Fsp3) is 0.353. The maximum Gasteiger partial charge on any atom is 0.251 e. The van der Waals surface area contributed by atoms with Gasteiger partial charge >= 0.3 is 0 Å². The molecule has 1 aromatic heterocycles. The predicted octanol–water partition coefficient (Wildman–Crippen LogP) is 2.80. The third-order valence-corrected chi connectivity index (χ3v) is 5.90. The van der Waals surface area contributed by atoms with Gasteiger partial charge in [-0.25, -0.2) is 13.1 Å². The summed E-state index contributed by atoms with van der Waals surface area (Å²) < 4.78 is 27.1. The second-order valence-corrected chi connectivity index (χ2v) is 8.16. The highest BCUT2D eigenvalue weighted by Crippen LogP contribution is 2.12. The van der Waals surface area contributed by atoms with E-state index in [1.54, 1.807) is 11.3 Å². The largest absolute Gasteiger partial charge is 0.352 e. The number of amides is 1. The normalized spacial score (nSPS) is 11.4. The van der Waals surface area contributed by atoms with E-state index < -0.39 is 10.0 Å². The molecule has 24 heavy (non-hydrogen) atoms. The molecule has 0 saturated heterocycles. The highest BCUT2D eigenvalue weighted by molar-refractivity contribution is 7.89. The Bertz CT molecular complexity index is 739. The first-order valence-corrected chi connectivity index (χ1v) is 10.3. The highest BCUT2D eigenvalue weighted by atomic mass is 32.2. The van der Waals surface area contributed by atoms with Crippen LogP contribution in [0.3, 0.4) is 0 Å². The summed E-state index contributed by atoms with van der Waals surface area (Å²) >= 11 is 1.60. The Morgan fingerprint density at radius 2 is 1.88 bits per heavy atom. The molecule has 0 saturated carbocycles. The third-order valence-electron chi connectivity index (χ3n) is 3.49. The monoisotopic (exact) mass is 366 g/mol. The van der Waals surface area contributed by atoms with E-state index in [2.05, 4.69) is 17.0 Å². The van der Waals surface area contributed by atoms with Crippen LogP contribution < -0.4 is 10.0 Å². The number of sulfonamides is 1. The van der Waals surface area contributed by atoms with Crippen molar-refractivity contribution in [3.63, 3.8) is 0 Å². The van der Waals surface area contributed by atoms with E-state index in [1.807, 2.05) is 17.5 Å². The van der Waals surface area contributed by atoms with Gasteiger partial charge in [-0.3, -0.25) is 4.79 Å². The zero-order valence-corrected chi connectivity index (χ0v) is 15.3. The standard InChI is InChI=1S/C17H22N2O3S2/c1-2-3-11-18-17(20)14-6-8-16(9-7-14)24(21,22)19-12-10-15-5-4-13-23-15/h4-9,13,19H,2-3,10-12H2,1H3,(H,18,20). The molecule has 1 aromatic carbocycles. The Balaban J connectivity index is 1.91. The van der Waals surface area contributed by atoms with Crippen LogP contribution in [0.2, 0.25) is 0 Å². The van der Waals surface area contributed by atoms with E-state index in [0.29, 0.717) is 25.1 Å². The zero-order valence-electron chi connectivity index (χ0n) is 13.6. The van der Waals surface area contributed by atoms with E-state index >= 15 is 0 Å². The van der Waals surface area contributed by atoms with E-state index in [1.165, 1.54) is 24.3 Å². The first-order chi connectivity index (χ1) is 11.5. The van der Waals surface area contributed by atoms with Crippen molar-refractivity contribution in [2.75, 3.05) is 13.1 Å². The van der Waals surface area contributed by atoms with Crippen LogP contribution >= 0.6 is 11.3 Å². The first-order valence-electron chi connectivity index (χ1n) is 7.93. The Kier molecular flexibility index (Phi) is 6.96. The number of thiophene rings is 1. The number of benzene rings is 1. The lowest BCUT2D eigenvalue weighted by Crippen LogP contribution is -2.26. The maximum atomic E-state index is 12.2. The van der Waals surface area contributed by atoms with Crippen molar-refractivity contribution in [3.05, 3.63) is 52.2 Å². The quantitative estimate of drug-likeness (QED) is 0.670. The molecule has 7 heteroatoms. The van der Waals surface area contributed by atoms with Gasteiger partial charge in [0.2, 0.25) is 10.0 Å². The lowest BCUT2D eigenvalue weighted by Gasteiger charge is -2.08. The number of carbonyl (C=O) groups is 1. The van der Waals surface area contributed by atoms with Crippen LogP contribution in [0.5, 0.6) is 0 Å². The van der Waals surface area contributed by atoms with Gasteiger partial charge in [-0.05, 0) is 48.6 Å².